The van der Waals surface area contributed by atoms with Gasteiger partial charge in [0.2, 0.25) is 11.2 Å². The first kappa shape index (κ1) is 12.1. The number of para-hydroxylation sites is 2. The Kier molecular flexibility index (Phi) is 2.55. The first-order chi connectivity index (χ1) is 10.2. The van der Waals surface area contributed by atoms with Gasteiger partial charge in [0.25, 0.3) is 0 Å². The van der Waals surface area contributed by atoms with Gasteiger partial charge in [0, 0.05) is 0 Å². The Labute approximate surface area is 124 Å². The molecule has 3 heterocycles. The first-order valence-electron chi connectivity index (χ1n) is 6.25. The van der Waals surface area contributed by atoms with E-state index in [0.717, 1.165) is 11.4 Å². The lowest BCUT2D eigenvalue weighted by molar-refractivity contribution is -0.115. The SMILES string of the molecule is O=C1CN(c2nc(Cl)nc3[nH]ncc23)c2ccccc2N1. The van der Waals surface area contributed by atoms with Crippen molar-refractivity contribution in [3.05, 3.63) is 35.7 Å². The van der Waals surface area contributed by atoms with Crippen molar-refractivity contribution in [2.45, 2.75) is 0 Å². The molecule has 0 saturated heterocycles. The van der Waals surface area contributed by atoms with Crippen LogP contribution in [0.25, 0.3) is 11.0 Å². The molecule has 1 amide bonds. The molecule has 104 valence electrons. The van der Waals surface area contributed by atoms with E-state index in [1.165, 1.54) is 0 Å². The van der Waals surface area contributed by atoms with Crippen LogP contribution >= 0.6 is 11.6 Å². The molecule has 0 unspecified atom stereocenters. The van der Waals surface area contributed by atoms with Gasteiger partial charge < -0.3 is 10.2 Å². The molecular weight excluding hydrogens is 292 g/mol. The normalized spacial score (nSPS) is 14.1. The third kappa shape index (κ3) is 1.90. The summed E-state index contributed by atoms with van der Waals surface area (Å²) in [5.41, 5.74) is 2.13. The second-order valence-corrected chi connectivity index (χ2v) is 4.94. The molecule has 1 aliphatic heterocycles. The van der Waals surface area contributed by atoms with Gasteiger partial charge in [-0.05, 0) is 23.7 Å². The van der Waals surface area contributed by atoms with Crippen molar-refractivity contribution in [1.29, 1.82) is 0 Å². The lowest BCUT2D eigenvalue weighted by Gasteiger charge is -2.30. The van der Waals surface area contributed by atoms with Gasteiger partial charge in [-0.25, -0.2) is 0 Å². The van der Waals surface area contributed by atoms with E-state index in [1.807, 2.05) is 24.3 Å². The monoisotopic (exact) mass is 300 g/mol. The molecule has 4 rings (SSSR count). The van der Waals surface area contributed by atoms with E-state index in [4.69, 9.17) is 11.6 Å². The van der Waals surface area contributed by atoms with E-state index < -0.39 is 0 Å². The second kappa shape index (κ2) is 4.42. The highest BCUT2D eigenvalue weighted by Gasteiger charge is 2.26. The summed E-state index contributed by atoms with van der Waals surface area (Å²) in [4.78, 5) is 22.1. The van der Waals surface area contributed by atoms with Crippen LogP contribution in [0.5, 0.6) is 0 Å². The summed E-state index contributed by atoms with van der Waals surface area (Å²) in [5.74, 6) is 0.445. The molecule has 2 aromatic heterocycles. The highest BCUT2D eigenvalue weighted by atomic mass is 35.5. The van der Waals surface area contributed by atoms with E-state index >= 15 is 0 Å². The van der Waals surface area contributed by atoms with Gasteiger partial charge in [-0.3, -0.25) is 9.89 Å². The van der Waals surface area contributed by atoms with Crippen molar-refractivity contribution in [2.75, 3.05) is 16.8 Å². The molecule has 1 aliphatic rings. The van der Waals surface area contributed by atoms with Crippen LogP contribution in [0, 0.1) is 0 Å². The largest absolute Gasteiger partial charge is 0.323 e. The van der Waals surface area contributed by atoms with Crippen LogP contribution in [0.15, 0.2) is 30.5 Å². The van der Waals surface area contributed by atoms with Crippen LogP contribution in [0.3, 0.4) is 0 Å². The van der Waals surface area contributed by atoms with Crippen LogP contribution in [-0.2, 0) is 4.79 Å². The van der Waals surface area contributed by atoms with Crippen LogP contribution < -0.4 is 10.2 Å². The fraction of sp³-hybridized carbons (Fsp3) is 0.0769. The molecule has 0 radical (unpaired) electrons. The fourth-order valence-corrected chi connectivity index (χ4v) is 2.59. The number of amides is 1. The fourth-order valence-electron chi connectivity index (χ4n) is 2.42. The van der Waals surface area contributed by atoms with Crippen molar-refractivity contribution in [3.63, 3.8) is 0 Å². The van der Waals surface area contributed by atoms with Gasteiger partial charge in [0.15, 0.2) is 5.65 Å². The smallest absolute Gasteiger partial charge is 0.244 e. The van der Waals surface area contributed by atoms with Gasteiger partial charge in [-0.2, -0.15) is 15.1 Å². The van der Waals surface area contributed by atoms with Crippen molar-refractivity contribution < 1.29 is 4.79 Å². The summed E-state index contributed by atoms with van der Waals surface area (Å²) in [5, 5.41) is 10.4. The van der Waals surface area contributed by atoms with Crippen LogP contribution in [0.1, 0.15) is 0 Å². The Hall–Kier alpha value is -2.67. The van der Waals surface area contributed by atoms with E-state index in [1.54, 1.807) is 11.1 Å². The van der Waals surface area contributed by atoms with E-state index in [9.17, 15) is 4.79 Å². The number of aromatic amines is 1. The zero-order valence-corrected chi connectivity index (χ0v) is 11.4. The summed E-state index contributed by atoms with van der Waals surface area (Å²) >= 11 is 5.97. The number of aromatic nitrogens is 4. The van der Waals surface area contributed by atoms with Gasteiger partial charge >= 0.3 is 0 Å². The quantitative estimate of drug-likeness (QED) is 0.672. The third-order valence-electron chi connectivity index (χ3n) is 3.29. The average Bonchev–Trinajstić information content (AvgIpc) is 2.93. The highest BCUT2D eigenvalue weighted by molar-refractivity contribution is 6.28. The summed E-state index contributed by atoms with van der Waals surface area (Å²) in [7, 11) is 0. The second-order valence-electron chi connectivity index (χ2n) is 4.60. The molecule has 0 spiro atoms. The number of hydrogen-bond acceptors (Lipinski definition) is 5. The number of carbonyl (C=O) groups is 1. The van der Waals surface area contributed by atoms with Crippen LogP contribution in [0.2, 0.25) is 5.28 Å². The molecular formula is C13H9ClN6O. The van der Waals surface area contributed by atoms with Crippen molar-refractivity contribution >= 4 is 45.7 Å². The molecule has 0 bridgehead atoms. The molecule has 8 heteroatoms. The maximum absolute atomic E-state index is 11.9. The van der Waals surface area contributed by atoms with Gasteiger partial charge in [-0.15, -0.1) is 0 Å². The minimum Gasteiger partial charge on any atom is -0.323 e. The molecule has 21 heavy (non-hydrogen) atoms. The van der Waals surface area contributed by atoms with Gasteiger partial charge in [-0.1, -0.05) is 12.1 Å². The topological polar surface area (TPSA) is 86.8 Å². The lowest BCUT2D eigenvalue weighted by Crippen LogP contribution is -2.35. The Bertz CT molecular complexity index is 861. The maximum atomic E-state index is 11.9. The minimum absolute atomic E-state index is 0.102. The highest BCUT2D eigenvalue weighted by Crippen LogP contribution is 2.36. The number of H-pyrrole nitrogens is 1. The number of halogens is 1. The Morgan fingerprint density at radius 1 is 1.24 bits per heavy atom. The Balaban J connectivity index is 1.96. The number of rotatable bonds is 1. The number of carbonyl (C=O) groups excluding carboxylic acids is 1. The van der Waals surface area contributed by atoms with Crippen LogP contribution in [0.4, 0.5) is 17.2 Å². The van der Waals surface area contributed by atoms with E-state index in [0.29, 0.717) is 16.9 Å². The predicted octanol–water partition coefficient (Wildman–Crippen LogP) is 2.10. The summed E-state index contributed by atoms with van der Waals surface area (Å²) in [6.07, 6.45) is 1.62. The maximum Gasteiger partial charge on any atom is 0.244 e. The van der Waals surface area contributed by atoms with Crippen molar-refractivity contribution in [2.24, 2.45) is 0 Å². The lowest BCUT2D eigenvalue weighted by atomic mass is 10.2. The number of anilines is 3. The first-order valence-corrected chi connectivity index (χ1v) is 6.63. The molecule has 0 saturated carbocycles. The Morgan fingerprint density at radius 3 is 3.00 bits per heavy atom. The molecule has 7 nitrogen and oxygen atoms in total. The number of fused-ring (bicyclic) bond motifs is 2. The zero-order chi connectivity index (χ0) is 14.4. The summed E-state index contributed by atoms with van der Waals surface area (Å²) in [6, 6.07) is 7.52. The molecule has 0 aliphatic carbocycles. The number of nitrogens with zero attached hydrogens (tertiary/aromatic N) is 4. The van der Waals surface area contributed by atoms with Crippen molar-refractivity contribution in [3.8, 4) is 0 Å². The summed E-state index contributed by atoms with van der Waals surface area (Å²) in [6.45, 7) is 0.157. The van der Waals surface area contributed by atoms with E-state index in [-0.39, 0.29) is 17.7 Å². The molecule has 2 N–H and O–H groups in total. The predicted molar refractivity (Wildman–Crippen MR) is 78.8 cm³/mol. The average molecular weight is 301 g/mol. The molecule has 0 atom stereocenters. The van der Waals surface area contributed by atoms with Gasteiger partial charge in [0.05, 0.1) is 23.0 Å². The standard InChI is InChI=1S/C13H9ClN6O/c14-13-17-11-7(5-15-19-11)12(18-13)20-6-10(21)16-8-3-1-2-4-9(8)20/h1-5H,6H2,(H,16,21)(H,15,17,18,19). The number of benzene rings is 1. The zero-order valence-electron chi connectivity index (χ0n) is 10.7. The molecule has 3 aromatic rings. The molecule has 1 aromatic carbocycles. The third-order valence-corrected chi connectivity index (χ3v) is 3.46. The number of nitrogens with one attached hydrogen (secondary N) is 2. The molecule has 0 fully saturated rings. The summed E-state index contributed by atoms with van der Waals surface area (Å²) < 4.78 is 0. The van der Waals surface area contributed by atoms with E-state index in [2.05, 4.69) is 25.5 Å². The number of hydrogen-bond donors (Lipinski definition) is 2. The van der Waals surface area contributed by atoms with Crippen LogP contribution in [-0.4, -0.2) is 32.6 Å². The Morgan fingerprint density at radius 2 is 2.10 bits per heavy atom. The van der Waals surface area contributed by atoms with Gasteiger partial charge in [0.1, 0.15) is 12.4 Å². The van der Waals surface area contributed by atoms with Crippen molar-refractivity contribution in [1.82, 2.24) is 20.2 Å². The minimum atomic E-state index is -0.111.